The van der Waals surface area contributed by atoms with Crippen molar-refractivity contribution in [3.63, 3.8) is 0 Å². The average molecular weight is 418 g/mol. The first-order valence-electron chi connectivity index (χ1n) is 11.0. The Labute approximate surface area is 183 Å². The lowest BCUT2D eigenvalue weighted by Gasteiger charge is -2.28. The highest BCUT2D eigenvalue weighted by Gasteiger charge is 2.22. The SMILES string of the molecule is C=CN.CCCc1ncc2c(-c3ccn4ncc(C5CCN(C)CC5)c4c3)c[nH]c2n1. The topological polar surface area (TPSA) is 88.1 Å². The van der Waals surface area contributed by atoms with Crippen LogP contribution in [0.15, 0.2) is 49.7 Å². The second kappa shape index (κ2) is 9.31. The van der Waals surface area contributed by atoms with Gasteiger partial charge in [-0.15, -0.1) is 0 Å². The van der Waals surface area contributed by atoms with Crippen LogP contribution in [0.3, 0.4) is 0 Å². The van der Waals surface area contributed by atoms with Crippen molar-refractivity contribution in [2.75, 3.05) is 20.1 Å². The van der Waals surface area contributed by atoms with Gasteiger partial charge in [0, 0.05) is 41.5 Å². The van der Waals surface area contributed by atoms with Gasteiger partial charge in [-0.1, -0.05) is 13.5 Å². The smallest absolute Gasteiger partial charge is 0.141 e. The molecule has 4 aromatic heterocycles. The molecule has 7 heteroatoms. The molecule has 4 aromatic rings. The van der Waals surface area contributed by atoms with E-state index in [0.717, 1.165) is 48.4 Å². The van der Waals surface area contributed by atoms with Crippen molar-refractivity contribution in [1.29, 1.82) is 0 Å². The molecule has 162 valence electrons. The van der Waals surface area contributed by atoms with Crippen LogP contribution in [-0.2, 0) is 6.42 Å². The van der Waals surface area contributed by atoms with Crippen molar-refractivity contribution in [2.45, 2.75) is 38.5 Å². The van der Waals surface area contributed by atoms with Gasteiger partial charge in [0.25, 0.3) is 0 Å². The number of aromatic amines is 1. The molecule has 0 unspecified atom stereocenters. The van der Waals surface area contributed by atoms with Crippen molar-refractivity contribution in [2.24, 2.45) is 5.73 Å². The second-order valence-corrected chi connectivity index (χ2v) is 8.16. The summed E-state index contributed by atoms with van der Waals surface area (Å²) < 4.78 is 2.00. The minimum Gasteiger partial charge on any atom is -0.405 e. The number of rotatable bonds is 4. The normalized spacial score (nSPS) is 15.2. The number of nitrogens with zero attached hydrogens (tertiary/aromatic N) is 5. The Balaban J connectivity index is 0.000000730. The quantitative estimate of drug-likeness (QED) is 0.521. The van der Waals surface area contributed by atoms with Crippen molar-refractivity contribution in [3.05, 3.63) is 61.1 Å². The van der Waals surface area contributed by atoms with E-state index in [2.05, 4.69) is 75.8 Å². The molecule has 0 amide bonds. The zero-order chi connectivity index (χ0) is 21.8. The molecule has 3 N–H and O–H groups in total. The summed E-state index contributed by atoms with van der Waals surface area (Å²) in [5, 5.41) is 5.67. The molecule has 7 nitrogen and oxygen atoms in total. The third-order valence-corrected chi connectivity index (χ3v) is 5.98. The largest absolute Gasteiger partial charge is 0.405 e. The number of nitrogens with two attached hydrogens (primary N) is 1. The molecule has 0 atom stereocenters. The number of aromatic nitrogens is 5. The van der Waals surface area contributed by atoms with E-state index in [1.807, 2.05) is 16.9 Å². The van der Waals surface area contributed by atoms with E-state index in [0.29, 0.717) is 5.92 Å². The van der Waals surface area contributed by atoms with Crippen LogP contribution >= 0.6 is 0 Å². The molecule has 0 radical (unpaired) electrons. The van der Waals surface area contributed by atoms with Crippen LogP contribution in [0.5, 0.6) is 0 Å². The number of likely N-dealkylation sites (tertiary alicyclic amines) is 1. The van der Waals surface area contributed by atoms with E-state index in [9.17, 15) is 0 Å². The molecule has 0 bridgehead atoms. The first-order valence-corrected chi connectivity index (χ1v) is 11.0. The van der Waals surface area contributed by atoms with Crippen LogP contribution < -0.4 is 5.73 Å². The molecule has 0 aliphatic carbocycles. The monoisotopic (exact) mass is 417 g/mol. The fourth-order valence-electron chi connectivity index (χ4n) is 4.33. The number of H-pyrrole nitrogens is 1. The summed E-state index contributed by atoms with van der Waals surface area (Å²) in [5.74, 6) is 1.49. The van der Waals surface area contributed by atoms with Gasteiger partial charge < -0.3 is 15.6 Å². The lowest BCUT2D eigenvalue weighted by atomic mass is 9.90. The number of fused-ring (bicyclic) bond motifs is 2. The molecule has 5 heterocycles. The van der Waals surface area contributed by atoms with E-state index in [-0.39, 0.29) is 0 Å². The highest BCUT2D eigenvalue weighted by molar-refractivity contribution is 5.93. The maximum Gasteiger partial charge on any atom is 0.141 e. The fourth-order valence-corrected chi connectivity index (χ4v) is 4.33. The average Bonchev–Trinajstić information content (AvgIpc) is 3.38. The Hall–Kier alpha value is -3.19. The van der Waals surface area contributed by atoms with Crippen molar-refractivity contribution in [1.82, 2.24) is 29.5 Å². The van der Waals surface area contributed by atoms with Gasteiger partial charge in [0.05, 0.1) is 11.7 Å². The Morgan fingerprint density at radius 2 is 2.06 bits per heavy atom. The van der Waals surface area contributed by atoms with E-state index in [4.69, 9.17) is 0 Å². The van der Waals surface area contributed by atoms with E-state index in [1.54, 1.807) is 0 Å². The number of pyridine rings is 1. The predicted molar refractivity (Wildman–Crippen MR) is 126 cm³/mol. The summed E-state index contributed by atoms with van der Waals surface area (Å²) in [6, 6.07) is 4.39. The summed E-state index contributed by atoms with van der Waals surface area (Å²) in [6.45, 7) is 7.60. The molecule has 0 saturated carbocycles. The van der Waals surface area contributed by atoms with Gasteiger partial charge in [-0.25, -0.2) is 14.5 Å². The minimum absolute atomic E-state index is 0.590. The molecule has 1 fully saturated rings. The molecule has 0 aromatic carbocycles. The van der Waals surface area contributed by atoms with Crippen molar-refractivity contribution < 1.29 is 0 Å². The summed E-state index contributed by atoms with van der Waals surface area (Å²) in [5.41, 5.74) is 10.4. The van der Waals surface area contributed by atoms with Gasteiger partial charge >= 0.3 is 0 Å². The molecule has 31 heavy (non-hydrogen) atoms. The third-order valence-electron chi connectivity index (χ3n) is 5.98. The van der Waals surface area contributed by atoms with E-state index < -0.39 is 0 Å². The lowest BCUT2D eigenvalue weighted by Crippen LogP contribution is -2.29. The zero-order valence-electron chi connectivity index (χ0n) is 18.4. The maximum atomic E-state index is 4.67. The zero-order valence-corrected chi connectivity index (χ0v) is 18.4. The van der Waals surface area contributed by atoms with Crippen LogP contribution in [0.2, 0.25) is 0 Å². The first kappa shape index (κ1) is 21.1. The van der Waals surface area contributed by atoms with E-state index >= 15 is 0 Å². The number of piperidine rings is 1. The molecular weight excluding hydrogens is 386 g/mol. The first-order chi connectivity index (χ1) is 15.1. The molecule has 1 aliphatic rings. The number of nitrogens with one attached hydrogen (secondary N) is 1. The number of hydrogen-bond donors (Lipinski definition) is 2. The summed E-state index contributed by atoms with van der Waals surface area (Å²) in [7, 11) is 2.20. The van der Waals surface area contributed by atoms with Gasteiger partial charge in [0.15, 0.2) is 0 Å². The molecular formula is C24H31N7. The predicted octanol–water partition coefficient (Wildman–Crippen LogP) is 4.12. The highest BCUT2D eigenvalue weighted by Crippen LogP contribution is 2.33. The van der Waals surface area contributed by atoms with Crippen LogP contribution in [0.1, 0.15) is 43.5 Å². The molecule has 0 spiro atoms. The van der Waals surface area contributed by atoms with Crippen molar-refractivity contribution >= 4 is 16.6 Å². The van der Waals surface area contributed by atoms with Gasteiger partial charge in [0.2, 0.25) is 0 Å². The minimum atomic E-state index is 0.590. The van der Waals surface area contributed by atoms with Gasteiger partial charge in [-0.3, -0.25) is 0 Å². The number of hydrogen-bond acceptors (Lipinski definition) is 5. The molecule has 5 rings (SSSR count). The second-order valence-electron chi connectivity index (χ2n) is 8.16. The standard InChI is InChI=1S/C22H26N6.C2H5N/c1-3-4-21-23-13-19-17(12-24-22(19)26-21)16-7-10-28-20(11-16)18(14-25-28)15-5-8-27(2)9-6-15;1-2-3/h7,10-15H,3-6,8-9H2,1-2H3,(H,23,24,26);2H,1,3H2. The van der Waals surface area contributed by atoms with Crippen LogP contribution in [0.4, 0.5) is 0 Å². The van der Waals surface area contributed by atoms with Crippen LogP contribution in [0, 0.1) is 0 Å². The van der Waals surface area contributed by atoms with Crippen LogP contribution in [-0.4, -0.2) is 49.6 Å². The Morgan fingerprint density at radius 3 is 2.81 bits per heavy atom. The van der Waals surface area contributed by atoms with Gasteiger partial charge in [0.1, 0.15) is 11.5 Å². The Morgan fingerprint density at radius 1 is 1.29 bits per heavy atom. The molecule has 1 aliphatic heterocycles. The van der Waals surface area contributed by atoms with E-state index in [1.165, 1.54) is 35.7 Å². The van der Waals surface area contributed by atoms with Gasteiger partial charge in [-0.05, 0) is 69.2 Å². The Bertz CT molecular complexity index is 1170. The summed E-state index contributed by atoms with van der Waals surface area (Å²) in [4.78, 5) is 15.0. The van der Waals surface area contributed by atoms with Gasteiger partial charge in [-0.2, -0.15) is 5.10 Å². The summed E-state index contributed by atoms with van der Waals surface area (Å²) in [6.07, 6.45) is 13.7. The molecule has 1 saturated heterocycles. The summed E-state index contributed by atoms with van der Waals surface area (Å²) >= 11 is 0. The van der Waals surface area contributed by atoms with Crippen molar-refractivity contribution in [3.8, 4) is 11.1 Å². The number of aryl methyl sites for hydroxylation is 1. The van der Waals surface area contributed by atoms with Crippen LogP contribution in [0.25, 0.3) is 27.7 Å². The highest BCUT2D eigenvalue weighted by atomic mass is 15.2. The lowest BCUT2D eigenvalue weighted by molar-refractivity contribution is 0.256. The third kappa shape index (κ3) is 4.32. The maximum absolute atomic E-state index is 4.67. The fraction of sp³-hybridized carbons (Fsp3) is 0.375. The Kier molecular flexibility index (Phi) is 6.32.